The van der Waals surface area contributed by atoms with Crippen LogP contribution in [0.5, 0.6) is 0 Å². The van der Waals surface area contributed by atoms with Gasteiger partial charge < -0.3 is 31.5 Å². The number of nitrogens with one attached hydrogen (secondary N) is 2. The molecule has 2 atom stereocenters. The van der Waals surface area contributed by atoms with Crippen molar-refractivity contribution in [1.82, 2.24) is 10.2 Å². The number of hydrogen-bond donors (Lipinski definition) is 5. The van der Waals surface area contributed by atoms with Crippen molar-refractivity contribution in [3.8, 4) is 0 Å². The lowest BCUT2D eigenvalue weighted by Crippen LogP contribution is -2.50. The Bertz CT molecular complexity index is 1120. The molecule has 178 valence electrons. The monoisotopic (exact) mass is 468 g/mol. The fraction of sp³-hybridized carbons (Fsp3) is 0.261. The van der Waals surface area contributed by atoms with Crippen molar-refractivity contribution in [2.75, 3.05) is 17.6 Å². The summed E-state index contributed by atoms with van der Waals surface area (Å²) in [5.74, 6) is -4.33. The van der Waals surface area contributed by atoms with Crippen LogP contribution in [-0.4, -0.2) is 57.4 Å². The number of fused-ring (bicyclic) bond motifs is 1. The van der Waals surface area contributed by atoms with Gasteiger partial charge in [-0.25, -0.2) is 0 Å². The number of carboxylic acids is 2. The van der Waals surface area contributed by atoms with Crippen LogP contribution in [0.4, 0.5) is 11.4 Å². The van der Waals surface area contributed by atoms with Gasteiger partial charge in [-0.05, 0) is 30.2 Å². The van der Waals surface area contributed by atoms with Crippen LogP contribution >= 0.6 is 0 Å². The van der Waals surface area contributed by atoms with Gasteiger partial charge in [0.1, 0.15) is 12.6 Å². The van der Waals surface area contributed by atoms with E-state index in [1.807, 2.05) is 0 Å². The number of carbonyl (C=O) groups is 5. The van der Waals surface area contributed by atoms with Crippen LogP contribution in [-0.2, 0) is 19.2 Å². The van der Waals surface area contributed by atoms with Crippen molar-refractivity contribution in [2.24, 2.45) is 0 Å². The average Bonchev–Trinajstić information content (AvgIpc) is 2.87. The maximum absolute atomic E-state index is 13.3. The average molecular weight is 468 g/mol. The molecule has 0 saturated heterocycles. The second-order valence-corrected chi connectivity index (χ2v) is 7.80. The minimum absolute atomic E-state index is 0.0594. The maximum atomic E-state index is 13.3. The Morgan fingerprint density at radius 2 is 1.76 bits per heavy atom. The molecule has 11 nitrogen and oxygen atoms in total. The summed E-state index contributed by atoms with van der Waals surface area (Å²) in [7, 11) is 0. The fourth-order valence-corrected chi connectivity index (χ4v) is 3.74. The van der Waals surface area contributed by atoms with Crippen LogP contribution in [0.25, 0.3) is 0 Å². The van der Waals surface area contributed by atoms with Crippen molar-refractivity contribution in [3.63, 3.8) is 0 Å². The lowest BCUT2D eigenvalue weighted by Gasteiger charge is -2.28. The molecule has 2 unspecified atom stereocenters. The molecule has 2 aromatic rings. The van der Waals surface area contributed by atoms with E-state index in [-0.39, 0.29) is 23.4 Å². The number of amides is 3. The highest BCUT2D eigenvalue weighted by molar-refractivity contribution is 6.11. The first-order chi connectivity index (χ1) is 16.2. The Labute approximate surface area is 194 Å². The van der Waals surface area contributed by atoms with Crippen molar-refractivity contribution in [1.29, 1.82) is 0 Å². The molecule has 0 saturated carbocycles. The van der Waals surface area contributed by atoms with Gasteiger partial charge in [0.15, 0.2) is 0 Å². The lowest BCUT2D eigenvalue weighted by molar-refractivity contribution is -0.138. The van der Waals surface area contributed by atoms with E-state index < -0.39 is 61.1 Å². The van der Waals surface area contributed by atoms with E-state index in [1.165, 1.54) is 18.2 Å². The molecule has 0 fully saturated rings. The molecule has 0 bridgehead atoms. The maximum Gasteiger partial charge on any atom is 0.305 e. The van der Waals surface area contributed by atoms with Crippen molar-refractivity contribution in [3.05, 3.63) is 59.7 Å². The molecule has 3 rings (SSSR count). The first kappa shape index (κ1) is 24.2. The second-order valence-electron chi connectivity index (χ2n) is 7.80. The van der Waals surface area contributed by atoms with Crippen LogP contribution in [0.2, 0.25) is 0 Å². The molecule has 0 aromatic heterocycles. The summed E-state index contributed by atoms with van der Waals surface area (Å²) in [6, 6.07) is 10.7. The molecular weight excluding hydrogens is 444 g/mol. The standard InChI is InChI=1S/C23H24N4O7/c24-14-6-7-16-15(10-14)23(34)27(18(22(33)26-16)8-9-20(29)30)12-19(28)25-17(11-21(31)32)13-4-2-1-3-5-13/h1-7,10,17-18H,8-9,11-12,24H2,(H,25,28)(H,26,33)(H,29,30)(H,31,32). The molecule has 3 amide bonds. The number of rotatable bonds is 9. The number of anilines is 2. The quantitative estimate of drug-likeness (QED) is 0.341. The predicted octanol–water partition coefficient (Wildman–Crippen LogP) is 1.23. The summed E-state index contributed by atoms with van der Waals surface area (Å²) in [5, 5.41) is 23.5. The molecule has 0 radical (unpaired) electrons. The van der Waals surface area contributed by atoms with Crippen LogP contribution in [0.15, 0.2) is 48.5 Å². The number of benzene rings is 2. The smallest absolute Gasteiger partial charge is 0.305 e. The highest BCUT2D eigenvalue weighted by Crippen LogP contribution is 2.27. The first-order valence-electron chi connectivity index (χ1n) is 10.4. The zero-order chi connectivity index (χ0) is 24.8. The third-order valence-corrected chi connectivity index (χ3v) is 5.33. The van der Waals surface area contributed by atoms with E-state index in [9.17, 15) is 29.1 Å². The molecule has 11 heteroatoms. The summed E-state index contributed by atoms with van der Waals surface area (Å²) in [6.45, 7) is -0.590. The Morgan fingerprint density at radius 3 is 2.41 bits per heavy atom. The minimum Gasteiger partial charge on any atom is -0.481 e. The predicted molar refractivity (Wildman–Crippen MR) is 121 cm³/mol. The number of aliphatic carboxylic acids is 2. The van der Waals surface area contributed by atoms with E-state index in [0.29, 0.717) is 5.56 Å². The SMILES string of the molecule is Nc1ccc2c(c1)C(=O)N(CC(=O)NC(CC(=O)O)c1ccccc1)C(CCC(=O)O)C(=O)N2. The third-order valence-electron chi connectivity index (χ3n) is 5.33. The Balaban J connectivity index is 1.89. The topological polar surface area (TPSA) is 179 Å². The molecule has 2 aromatic carbocycles. The fourth-order valence-electron chi connectivity index (χ4n) is 3.74. The highest BCUT2D eigenvalue weighted by Gasteiger charge is 2.37. The number of carbonyl (C=O) groups excluding carboxylic acids is 3. The van der Waals surface area contributed by atoms with Gasteiger partial charge in [-0.15, -0.1) is 0 Å². The number of hydrogen-bond acceptors (Lipinski definition) is 6. The molecule has 0 spiro atoms. The van der Waals surface area contributed by atoms with Gasteiger partial charge in [0.2, 0.25) is 11.8 Å². The number of carboxylic acid groups (broad SMARTS) is 2. The summed E-state index contributed by atoms with van der Waals surface area (Å²) >= 11 is 0. The minimum atomic E-state index is -1.24. The Morgan fingerprint density at radius 1 is 1.06 bits per heavy atom. The number of nitrogen functional groups attached to an aromatic ring is 1. The molecule has 1 aliphatic rings. The summed E-state index contributed by atoms with van der Waals surface area (Å²) in [5.41, 5.74) is 6.86. The van der Waals surface area contributed by atoms with Crippen LogP contribution in [0.1, 0.15) is 41.2 Å². The molecule has 1 aliphatic heterocycles. The van der Waals surface area contributed by atoms with Gasteiger partial charge in [-0.2, -0.15) is 0 Å². The van der Waals surface area contributed by atoms with E-state index >= 15 is 0 Å². The normalized spacial score (nSPS) is 16.1. The van der Waals surface area contributed by atoms with Crippen LogP contribution < -0.4 is 16.4 Å². The first-order valence-corrected chi connectivity index (χ1v) is 10.4. The van der Waals surface area contributed by atoms with Gasteiger partial charge >= 0.3 is 11.9 Å². The van der Waals surface area contributed by atoms with Crippen LogP contribution in [0, 0.1) is 0 Å². The van der Waals surface area contributed by atoms with Crippen molar-refractivity contribution < 1.29 is 34.2 Å². The van der Waals surface area contributed by atoms with Gasteiger partial charge in [0.25, 0.3) is 5.91 Å². The van der Waals surface area contributed by atoms with Gasteiger partial charge in [-0.3, -0.25) is 24.0 Å². The van der Waals surface area contributed by atoms with E-state index in [2.05, 4.69) is 10.6 Å². The molecule has 6 N–H and O–H groups in total. The van der Waals surface area contributed by atoms with E-state index in [4.69, 9.17) is 10.8 Å². The third kappa shape index (κ3) is 5.88. The largest absolute Gasteiger partial charge is 0.481 e. The van der Waals surface area contributed by atoms with Crippen LogP contribution in [0.3, 0.4) is 0 Å². The van der Waals surface area contributed by atoms with Gasteiger partial charge in [-0.1, -0.05) is 30.3 Å². The lowest BCUT2D eigenvalue weighted by atomic mass is 10.0. The highest BCUT2D eigenvalue weighted by atomic mass is 16.4. The van der Waals surface area contributed by atoms with Gasteiger partial charge in [0, 0.05) is 12.1 Å². The number of nitrogens with zero attached hydrogens (tertiary/aromatic N) is 1. The second kappa shape index (κ2) is 10.5. The zero-order valence-corrected chi connectivity index (χ0v) is 18.1. The Kier molecular flexibility index (Phi) is 7.46. The van der Waals surface area contributed by atoms with Gasteiger partial charge in [0.05, 0.1) is 23.7 Å². The molecular formula is C23H24N4O7. The molecule has 34 heavy (non-hydrogen) atoms. The molecule has 1 heterocycles. The summed E-state index contributed by atoms with van der Waals surface area (Å²) in [4.78, 5) is 62.6. The van der Waals surface area contributed by atoms with E-state index in [1.54, 1.807) is 30.3 Å². The summed E-state index contributed by atoms with van der Waals surface area (Å²) in [6.07, 6.45) is -1.03. The summed E-state index contributed by atoms with van der Waals surface area (Å²) < 4.78 is 0. The zero-order valence-electron chi connectivity index (χ0n) is 18.1. The van der Waals surface area contributed by atoms with Crippen molar-refractivity contribution in [2.45, 2.75) is 31.3 Å². The van der Waals surface area contributed by atoms with Crippen molar-refractivity contribution >= 4 is 41.0 Å². The Hall–Kier alpha value is -4.41. The molecule has 0 aliphatic carbocycles. The van der Waals surface area contributed by atoms with E-state index in [0.717, 1.165) is 4.90 Å². The number of nitrogens with two attached hydrogens (primary N) is 1.